The van der Waals surface area contributed by atoms with Crippen LogP contribution in [0.15, 0.2) is 59.9 Å². The van der Waals surface area contributed by atoms with Crippen molar-refractivity contribution in [1.82, 2.24) is 10.3 Å². The second-order valence-corrected chi connectivity index (χ2v) is 6.20. The van der Waals surface area contributed by atoms with Gasteiger partial charge in [0.2, 0.25) is 5.91 Å². The molecule has 7 heteroatoms. The number of aliphatic hydroxyl groups excluding tert-OH is 1. The summed E-state index contributed by atoms with van der Waals surface area (Å²) in [7, 11) is 0. The van der Waals surface area contributed by atoms with Gasteiger partial charge in [-0.2, -0.15) is 0 Å². The van der Waals surface area contributed by atoms with E-state index in [1.807, 2.05) is 10.6 Å². The van der Waals surface area contributed by atoms with Gasteiger partial charge in [-0.05, 0) is 36.1 Å². The Hall–Kier alpha value is -2.74. The van der Waals surface area contributed by atoms with E-state index in [2.05, 4.69) is 4.98 Å². The van der Waals surface area contributed by atoms with Crippen LogP contribution in [0.5, 0.6) is 0 Å². The van der Waals surface area contributed by atoms with E-state index in [4.69, 9.17) is 20.8 Å². The molecule has 0 saturated heterocycles. The molecule has 1 atom stereocenters. The molecule has 2 aromatic carbocycles. The van der Waals surface area contributed by atoms with Crippen molar-refractivity contribution < 1.29 is 25.0 Å². The zero-order chi connectivity index (χ0) is 29.5. The fourth-order valence-electron chi connectivity index (χ4n) is 2.02. The van der Waals surface area contributed by atoms with Crippen LogP contribution < -0.4 is 16.4 Å². The van der Waals surface area contributed by atoms with Gasteiger partial charge in [-0.15, -0.1) is 11.3 Å². The number of hydrogen-bond donors (Lipinski definition) is 4. The number of nitrogen functional groups attached to an aromatic ring is 1. The van der Waals surface area contributed by atoms with E-state index in [1.165, 1.54) is 12.1 Å². The smallest absolute Gasteiger partial charge is 0.230 e. The predicted molar refractivity (Wildman–Crippen MR) is 113 cm³/mol. The number of amides is 1. The number of nitrogens with zero attached hydrogens (tertiary/aromatic N) is 1. The van der Waals surface area contributed by atoms with E-state index in [0.717, 1.165) is 0 Å². The third kappa shape index (κ3) is 6.16. The lowest BCUT2D eigenvalue weighted by Gasteiger charge is -2.12. The van der Waals surface area contributed by atoms with E-state index in [1.54, 1.807) is 18.2 Å². The maximum Gasteiger partial charge on any atom is 0.230 e. The average molecular weight is 408 g/mol. The van der Waals surface area contributed by atoms with Gasteiger partial charge in [0.05, 0.1) is 25.0 Å². The first-order chi connectivity index (χ1) is 17.9. The lowest BCUT2D eigenvalue weighted by molar-refractivity contribution is -0.115. The quantitative estimate of drug-likeness (QED) is 0.437. The molecule has 0 radical (unpaired) electrons. The molecule has 0 aliphatic carbocycles. The van der Waals surface area contributed by atoms with Crippen molar-refractivity contribution in [2.75, 3.05) is 24.0 Å². The molecule has 0 saturated carbocycles. The number of anilines is 2. The largest absolute Gasteiger partial charge is 0.387 e. The molecule has 0 bridgehead atoms. The van der Waals surface area contributed by atoms with Crippen molar-refractivity contribution in [3.8, 4) is 0 Å². The van der Waals surface area contributed by atoms with Gasteiger partial charge in [-0.25, -0.2) is 4.98 Å². The molecule has 1 aromatic heterocycles. The van der Waals surface area contributed by atoms with Crippen LogP contribution in [0.2, 0.25) is 0 Å². The van der Waals surface area contributed by atoms with Gasteiger partial charge < -0.3 is 21.5 Å². The fourth-order valence-corrected chi connectivity index (χ4v) is 2.46. The van der Waals surface area contributed by atoms with E-state index >= 15 is 0 Å². The van der Waals surface area contributed by atoms with Gasteiger partial charge in [0.15, 0.2) is 5.13 Å². The van der Waals surface area contributed by atoms with Gasteiger partial charge >= 0.3 is 0 Å². The van der Waals surface area contributed by atoms with Gasteiger partial charge in [0, 0.05) is 25.8 Å². The van der Waals surface area contributed by atoms with Gasteiger partial charge in [0.1, 0.15) is 0 Å². The number of nitrogens with one attached hydrogen (secondary N) is 2. The van der Waals surface area contributed by atoms with Gasteiger partial charge in [0.25, 0.3) is 0 Å². The molecule has 0 unspecified atom stereocenters. The monoisotopic (exact) mass is 407 g/mol. The van der Waals surface area contributed by atoms with Crippen molar-refractivity contribution in [2.24, 2.45) is 0 Å². The summed E-state index contributed by atoms with van der Waals surface area (Å²) in [6, 6.07) is 4.58. The maximum atomic E-state index is 12.7. The van der Waals surface area contributed by atoms with Crippen LogP contribution >= 0.6 is 11.3 Å². The molecule has 3 aromatic rings. The Bertz CT molecular complexity index is 1360. The van der Waals surface area contributed by atoms with E-state index in [0.29, 0.717) is 11.3 Å². The van der Waals surface area contributed by atoms with Crippen molar-refractivity contribution in [3.05, 3.63) is 76.7 Å². The Morgan fingerprint density at radius 2 is 2.04 bits per heavy atom. The zero-order valence-electron chi connectivity index (χ0n) is 25.5. The Morgan fingerprint density at radius 3 is 2.71 bits per heavy atom. The highest BCUT2D eigenvalue weighted by atomic mass is 32.1. The number of aliphatic hydroxyl groups is 1. The third-order valence-electron chi connectivity index (χ3n) is 3.30. The van der Waals surface area contributed by atoms with Crippen LogP contribution in [-0.2, 0) is 17.6 Å². The fraction of sp³-hybridized carbons (Fsp3) is 0.238. The van der Waals surface area contributed by atoms with Gasteiger partial charge in [-0.3, -0.25) is 4.79 Å². The third-order valence-corrected chi connectivity index (χ3v) is 3.90. The highest BCUT2D eigenvalue weighted by Gasteiger charge is 2.08. The number of carbonyl (C=O) groups excluding carboxylic acids is 1. The van der Waals surface area contributed by atoms with Crippen LogP contribution in [0.1, 0.15) is 38.0 Å². The van der Waals surface area contributed by atoms with Crippen molar-refractivity contribution >= 4 is 28.1 Å². The number of carbonyl (C=O) groups is 1. The standard InChI is InChI=1S/C21H24N4O2S/c22-21-25-18(14-28-21)12-20(27)24-17-8-6-15(7-9-17)10-11-23-13-19(26)16-4-2-1-3-5-16/h1-9,14,19,23,26H,10-13H2,(H2,22,25)(H,24,27)/t19-/m1/s1/i6D,7D,8D,9D,11D2,12D2,13D2,14D. The van der Waals surface area contributed by atoms with Gasteiger partial charge in [-0.1, -0.05) is 42.4 Å². The number of aromatic nitrogens is 1. The maximum absolute atomic E-state index is 12.7. The highest BCUT2D eigenvalue weighted by Crippen LogP contribution is 2.14. The summed E-state index contributed by atoms with van der Waals surface area (Å²) in [5.74, 6) is -1.42. The second kappa shape index (κ2) is 9.98. The molecule has 1 heterocycles. The van der Waals surface area contributed by atoms with Crippen molar-refractivity contribution in [3.63, 3.8) is 0 Å². The molecule has 0 aliphatic heterocycles. The molecule has 3 rings (SSSR count). The van der Waals surface area contributed by atoms with Crippen molar-refractivity contribution in [1.29, 1.82) is 0 Å². The van der Waals surface area contributed by atoms with Crippen molar-refractivity contribution in [2.45, 2.75) is 18.9 Å². The Kier molecular flexibility index (Phi) is 3.62. The van der Waals surface area contributed by atoms with Crippen LogP contribution in [0.3, 0.4) is 0 Å². The zero-order valence-corrected chi connectivity index (χ0v) is 15.3. The number of hydrogen-bond acceptors (Lipinski definition) is 6. The first-order valence-corrected chi connectivity index (χ1v) is 8.87. The molecule has 0 spiro atoms. The van der Waals surface area contributed by atoms with Crippen LogP contribution in [-0.4, -0.2) is 29.0 Å². The molecule has 6 nitrogen and oxygen atoms in total. The minimum atomic E-state index is -2.90. The summed E-state index contributed by atoms with van der Waals surface area (Å²) in [6.07, 6.45) is -5.53. The molecular weight excluding hydrogens is 372 g/mol. The molecule has 28 heavy (non-hydrogen) atoms. The minimum Gasteiger partial charge on any atom is -0.387 e. The molecular formula is C21H24N4O2S. The molecule has 146 valence electrons. The summed E-state index contributed by atoms with van der Waals surface area (Å²) in [6.45, 7) is -5.36. The summed E-state index contributed by atoms with van der Waals surface area (Å²) in [5.41, 5.74) is 3.94. The molecule has 1 amide bonds. The Labute approximate surface area is 183 Å². The van der Waals surface area contributed by atoms with E-state index in [9.17, 15) is 9.90 Å². The second-order valence-electron chi connectivity index (χ2n) is 5.37. The highest BCUT2D eigenvalue weighted by molar-refractivity contribution is 7.13. The van der Waals surface area contributed by atoms with Crippen LogP contribution in [0, 0.1) is 0 Å². The SMILES string of the molecule is [2H]c1sc(N)nc1C([2H])([2H])C(=O)Nc1c([2H])c([2H])c(CC([2H])([2H])NC([2H])([2H])[C@@H](O)c2ccccc2)c([2H])c1[2H]. The summed E-state index contributed by atoms with van der Waals surface area (Å²) >= 11 is 0.638. The Morgan fingerprint density at radius 1 is 1.29 bits per heavy atom. The number of thiazole rings is 1. The molecule has 5 N–H and O–H groups in total. The summed E-state index contributed by atoms with van der Waals surface area (Å²) in [4.78, 5) is 16.4. The number of nitrogens with two attached hydrogens (primary N) is 1. The van der Waals surface area contributed by atoms with Crippen LogP contribution in [0.4, 0.5) is 10.8 Å². The summed E-state index contributed by atoms with van der Waals surface area (Å²) < 4.78 is 89.6. The Balaban J connectivity index is 1.88. The molecule has 0 aliphatic rings. The predicted octanol–water partition coefficient (Wildman–Crippen LogP) is 2.77. The molecule has 0 fully saturated rings. The minimum absolute atomic E-state index is 0.149. The number of rotatable bonds is 9. The topological polar surface area (TPSA) is 100 Å². The number of benzene rings is 2. The van der Waals surface area contributed by atoms with Crippen LogP contribution in [0.25, 0.3) is 0 Å². The lowest BCUT2D eigenvalue weighted by Crippen LogP contribution is -2.23. The average Bonchev–Trinajstić information content (AvgIpc) is 3.21. The summed E-state index contributed by atoms with van der Waals surface area (Å²) in [5, 5.41) is 13.9. The first kappa shape index (κ1) is 10.2. The van der Waals surface area contributed by atoms with E-state index in [-0.39, 0.29) is 10.7 Å². The normalized spacial score (nSPS) is 19.1. The van der Waals surface area contributed by atoms with E-state index < -0.39 is 84.3 Å². The lowest BCUT2D eigenvalue weighted by atomic mass is 10.1. The first-order valence-electron chi connectivity index (χ1n) is 13.6.